The van der Waals surface area contributed by atoms with E-state index in [0.717, 1.165) is 17.4 Å². The fraction of sp³-hybridized carbons (Fsp3) is 0.526. The summed E-state index contributed by atoms with van der Waals surface area (Å²) in [7, 11) is 3.61. The number of hydrogen-bond donors (Lipinski definition) is 2. The van der Waals surface area contributed by atoms with Gasteiger partial charge >= 0.3 is 0 Å². The molecule has 2 rings (SSSR count). The molecule has 1 aromatic carbocycles. The summed E-state index contributed by atoms with van der Waals surface area (Å²) in [4.78, 5) is 4.59. The molecule has 27 heavy (non-hydrogen) atoms. The maximum atomic E-state index is 5.96. The minimum absolute atomic E-state index is 0.0155. The number of aliphatic imine (C=N–C) groups is 1. The number of benzene rings is 1. The Hall–Kier alpha value is -2.61. The first kappa shape index (κ1) is 20.7. The number of hydrogen-bond acceptors (Lipinski definition) is 5. The molecule has 1 atom stereocenters. The van der Waals surface area contributed by atoms with Gasteiger partial charge in [-0.25, -0.2) is 4.99 Å². The van der Waals surface area contributed by atoms with Gasteiger partial charge in [-0.05, 0) is 38.5 Å². The molecule has 1 heterocycles. The standard InChI is InChI=1S/C19H30N6O2/c1-14-7-6-8-17(11-14)27-15(2)12-21-19(20-9-10-26-5)22-13-18-24-23-16(3)25(18)4/h6-8,11,15H,9-10,12-13H2,1-5H3,(H2,20,21,22). The van der Waals surface area contributed by atoms with Crippen molar-refractivity contribution in [1.29, 1.82) is 0 Å². The van der Waals surface area contributed by atoms with Gasteiger partial charge in [0.1, 0.15) is 24.2 Å². The van der Waals surface area contributed by atoms with E-state index in [1.54, 1.807) is 7.11 Å². The number of rotatable bonds is 9. The van der Waals surface area contributed by atoms with Crippen molar-refractivity contribution in [3.63, 3.8) is 0 Å². The van der Waals surface area contributed by atoms with Crippen molar-refractivity contribution < 1.29 is 9.47 Å². The van der Waals surface area contributed by atoms with Gasteiger partial charge in [-0.2, -0.15) is 0 Å². The average Bonchev–Trinajstić information content (AvgIpc) is 2.95. The van der Waals surface area contributed by atoms with Crippen LogP contribution < -0.4 is 15.4 Å². The van der Waals surface area contributed by atoms with Crippen molar-refractivity contribution in [2.75, 3.05) is 26.8 Å². The summed E-state index contributed by atoms with van der Waals surface area (Å²) in [5.41, 5.74) is 1.18. The fourth-order valence-electron chi connectivity index (χ4n) is 2.39. The summed E-state index contributed by atoms with van der Waals surface area (Å²) in [5.74, 6) is 3.23. The summed E-state index contributed by atoms with van der Waals surface area (Å²) in [6, 6.07) is 8.03. The minimum Gasteiger partial charge on any atom is -0.489 e. The molecule has 1 unspecified atom stereocenters. The number of ether oxygens (including phenoxy) is 2. The lowest BCUT2D eigenvalue weighted by Gasteiger charge is -2.18. The van der Waals surface area contributed by atoms with Crippen LogP contribution in [0, 0.1) is 13.8 Å². The second-order valence-electron chi connectivity index (χ2n) is 6.43. The lowest BCUT2D eigenvalue weighted by atomic mass is 10.2. The highest BCUT2D eigenvalue weighted by Crippen LogP contribution is 2.13. The maximum absolute atomic E-state index is 5.96. The van der Waals surface area contributed by atoms with Gasteiger partial charge in [0.15, 0.2) is 11.8 Å². The van der Waals surface area contributed by atoms with E-state index in [0.29, 0.717) is 32.2 Å². The zero-order valence-corrected chi connectivity index (χ0v) is 16.8. The summed E-state index contributed by atoms with van der Waals surface area (Å²) < 4.78 is 13.0. The SMILES string of the molecule is COCCNC(=NCc1nnc(C)n1C)NCC(C)Oc1cccc(C)c1. The topological polar surface area (TPSA) is 85.6 Å². The van der Waals surface area contributed by atoms with Gasteiger partial charge in [-0.15, -0.1) is 10.2 Å². The van der Waals surface area contributed by atoms with Gasteiger partial charge in [-0.1, -0.05) is 12.1 Å². The predicted octanol–water partition coefficient (Wildman–Crippen LogP) is 1.58. The van der Waals surface area contributed by atoms with Gasteiger partial charge < -0.3 is 24.7 Å². The summed E-state index contributed by atoms with van der Waals surface area (Å²) in [5, 5.41) is 14.8. The van der Waals surface area contributed by atoms with Crippen molar-refractivity contribution in [2.45, 2.75) is 33.4 Å². The van der Waals surface area contributed by atoms with E-state index in [1.807, 2.05) is 43.7 Å². The van der Waals surface area contributed by atoms with Crippen LogP contribution >= 0.6 is 0 Å². The first-order valence-corrected chi connectivity index (χ1v) is 9.09. The molecule has 0 fully saturated rings. The van der Waals surface area contributed by atoms with E-state index in [9.17, 15) is 0 Å². The molecule has 2 N–H and O–H groups in total. The van der Waals surface area contributed by atoms with Crippen molar-refractivity contribution in [3.05, 3.63) is 41.5 Å². The smallest absolute Gasteiger partial charge is 0.191 e. The van der Waals surface area contributed by atoms with Crippen LogP contribution in [0.4, 0.5) is 0 Å². The van der Waals surface area contributed by atoms with Crippen LogP contribution in [0.15, 0.2) is 29.3 Å². The molecule has 0 bridgehead atoms. The van der Waals surface area contributed by atoms with Crippen LogP contribution in [0.5, 0.6) is 5.75 Å². The van der Waals surface area contributed by atoms with Gasteiger partial charge in [0.05, 0.1) is 13.2 Å². The van der Waals surface area contributed by atoms with Crippen LogP contribution in [0.1, 0.15) is 24.1 Å². The quantitative estimate of drug-likeness (QED) is 0.394. The third-order valence-electron chi connectivity index (χ3n) is 4.04. The number of aryl methyl sites for hydroxylation is 2. The molecule has 0 aliphatic rings. The lowest BCUT2D eigenvalue weighted by molar-refractivity contribution is 0.203. The monoisotopic (exact) mass is 374 g/mol. The van der Waals surface area contributed by atoms with Crippen molar-refractivity contribution in [1.82, 2.24) is 25.4 Å². The molecular formula is C19H30N6O2. The molecule has 0 amide bonds. The second kappa shape index (κ2) is 10.5. The highest BCUT2D eigenvalue weighted by Gasteiger charge is 2.08. The molecule has 2 aromatic rings. The Kier molecular flexibility index (Phi) is 8.06. The fourth-order valence-corrected chi connectivity index (χ4v) is 2.39. The zero-order valence-electron chi connectivity index (χ0n) is 16.8. The Morgan fingerprint density at radius 3 is 2.74 bits per heavy atom. The highest BCUT2D eigenvalue weighted by atomic mass is 16.5. The van der Waals surface area contributed by atoms with E-state index in [2.05, 4.69) is 38.8 Å². The lowest BCUT2D eigenvalue weighted by Crippen LogP contribution is -2.43. The molecule has 0 aliphatic heterocycles. The largest absolute Gasteiger partial charge is 0.489 e. The zero-order chi connectivity index (χ0) is 19.6. The molecule has 8 heteroatoms. The van der Waals surface area contributed by atoms with Crippen LogP contribution in [0.2, 0.25) is 0 Å². The second-order valence-corrected chi connectivity index (χ2v) is 6.43. The van der Waals surface area contributed by atoms with E-state index >= 15 is 0 Å². The number of methoxy groups -OCH3 is 1. The van der Waals surface area contributed by atoms with Gasteiger partial charge in [-0.3, -0.25) is 0 Å². The maximum Gasteiger partial charge on any atom is 0.191 e. The third kappa shape index (κ3) is 6.90. The van der Waals surface area contributed by atoms with Crippen LogP contribution in [-0.2, 0) is 18.3 Å². The van der Waals surface area contributed by atoms with Gasteiger partial charge in [0.2, 0.25) is 0 Å². The van der Waals surface area contributed by atoms with Gasteiger partial charge in [0.25, 0.3) is 0 Å². The average molecular weight is 374 g/mol. The molecule has 0 saturated carbocycles. The van der Waals surface area contributed by atoms with E-state index < -0.39 is 0 Å². The minimum atomic E-state index is -0.0155. The number of guanidine groups is 1. The van der Waals surface area contributed by atoms with E-state index in [-0.39, 0.29) is 6.10 Å². The van der Waals surface area contributed by atoms with Crippen molar-refractivity contribution in [3.8, 4) is 5.75 Å². The van der Waals surface area contributed by atoms with E-state index in [4.69, 9.17) is 9.47 Å². The Morgan fingerprint density at radius 1 is 1.26 bits per heavy atom. The summed E-state index contributed by atoms with van der Waals surface area (Å²) >= 11 is 0. The Morgan fingerprint density at radius 2 is 2.07 bits per heavy atom. The van der Waals surface area contributed by atoms with E-state index in [1.165, 1.54) is 5.56 Å². The first-order valence-electron chi connectivity index (χ1n) is 9.09. The Bertz CT molecular complexity index is 744. The van der Waals surface area contributed by atoms with Gasteiger partial charge in [0, 0.05) is 20.7 Å². The molecule has 148 valence electrons. The van der Waals surface area contributed by atoms with Crippen molar-refractivity contribution >= 4 is 5.96 Å². The molecule has 8 nitrogen and oxygen atoms in total. The molecule has 0 aliphatic carbocycles. The normalized spacial score (nSPS) is 12.7. The van der Waals surface area contributed by atoms with Crippen LogP contribution in [0.3, 0.4) is 0 Å². The number of aromatic nitrogens is 3. The molecule has 1 aromatic heterocycles. The van der Waals surface area contributed by atoms with Crippen LogP contribution in [-0.4, -0.2) is 53.6 Å². The predicted molar refractivity (Wildman–Crippen MR) is 106 cm³/mol. The molecule has 0 radical (unpaired) electrons. The number of nitrogens with zero attached hydrogens (tertiary/aromatic N) is 4. The van der Waals surface area contributed by atoms with Crippen molar-refractivity contribution in [2.24, 2.45) is 12.0 Å². The first-order chi connectivity index (χ1) is 13.0. The summed E-state index contributed by atoms with van der Waals surface area (Å²) in [6.45, 7) is 8.30. The Labute approximate surface area is 161 Å². The molecule has 0 saturated heterocycles. The third-order valence-corrected chi connectivity index (χ3v) is 4.04. The summed E-state index contributed by atoms with van der Waals surface area (Å²) in [6.07, 6.45) is -0.0155. The number of nitrogens with one attached hydrogen (secondary N) is 2. The molecular weight excluding hydrogens is 344 g/mol. The van der Waals surface area contributed by atoms with Crippen LogP contribution in [0.25, 0.3) is 0 Å². The molecule has 0 spiro atoms. The Balaban J connectivity index is 1.92. The highest BCUT2D eigenvalue weighted by molar-refractivity contribution is 5.79.